The monoisotopic (exact) mass is 248 g/mol. The molecule has 0 unspecified atom stereocenters. The number of hydrogen-bond acceptors (Lipinski definition) is 1. The summed E-state index contributed by atoms with van der Waals surface area (Å²) >= 11 is 0. The molecule has 3 aromatic rings. The van der Waals surface area contributed by atoms with Gasteiger partial charge < -0.3 is 0 Å². The van der Waals surface area contributed by atoms with Crippen LogP contribution in [0.3, 0.4) is 0 Å². The van der Waals surface area contributed by atoms with Crippen molar-refractivity contribution in [2.45, 2.75) is 0 Å². The van der Waals surface area contributed by atoms with E-state index in [1.165, 1.54) is 17.0 Å². The van der Waals surface area contributed by atoms with Crippen LogP contribution in [0.15, 0.2) is 42.7 Å². The van der Waals surface area contributed by atoms with Crippen molar-refractivity contribution in [3.05, 3.63) is 60.2 Å². The molecule has 0 bridgehead atoms. The highest BCUT2D eigenvalue weighted by Crippen LogP contribution is 2.23. The van der Waals surface area contributed by atoms with Gasteiger partial charge in [-0.05, 0) is 24.3 Å². The SMILES string of the molecule is Fc1ccc(-n2cnc3ccccc32)c(F)c1F. The number of rotatable bonds is 1. The van der Waals surface area contributed by atoms with Crippen LogP contribution in [-0.4, -0.2) is 9.55 Å². The van der Waals surface area contributed by atoms with Gasteiger partial charge in [-0.3, -0.25) is 4.57 Å². The Morgan fingerprint density at radius 1 is 0.889 bits per heavy atom. The summed E-state index contributed by atoms with van der Waals surface area (Å²) in [6.45, 7) is 0. The van der Waals surface area contributed by atoms with Gasteiger partial charge in [-0.2, -0.15) is 0 Å². The molecule has 0 saturated heterocycles. The second-order valence-corrected chi connectivity index (χ2v) is 3.80. The molecule has 0 fully saturated rings. The number of aromatic nitrogens is 2. The number of hydrogen-bond donors (Lipinski definition) is 0. The third kappa shape index (κ3) is 1.48. The molecule has 0 radical (unpaired) electrons. The van der Waals surface area contributed by atoms with Gasteiger partial charge in [0, 0.05) is 0 Å². The summed E-state index contributed by atoms with van der Waals surface area (Å²) in [4.78, 5) is 4.07. The normalized spacial score (nSPS) is 11.1. The maximum absolute atomic E-state index is 13.7. The second kappa shape index (κ2) is 3.87. The minimum atomic E-state index is -1.48. The van der Waals surface area contributed by atoms with Crippen molar-refractivity contribution in [3.8, 4) is 5.69 Å². The van der Waals surface area contributed by atoms with E-state index in [0.717, 1.165) is 6.07 Å². The van der Waals surface area contributed by atoms with Crippen molar-refractivity contribution < 1.29 is 13.2 Å². The van der Waals surface area contributed by atoms with Crippen molar-refractivity contribution in [2.24, 2.45) is 0 Å². The average Bonchev–Trinajstić information content (AvgIpc) is 2.80. The Kier molecular flexibility index (Phi) is 2.33. The minimum Gasteiger partial charge on any atom is -0.296 e. The molecule has 1 aromatic heterocycles. The predicted octanol–water partition coefficient (Wildman–Crippen LogP) is 3.44. The fourth-order valence-corrected chi connectivity index (χ4v) is 1.85. The average molecular weight is 248 g/mol. The highest BCUT2D eigenvalue weighted by atomic mass is 19.2. The van der Waals surface area contributed by atoms with E-state index in [0.29, 0.717) is 11.0 Å². The molecule has 2 aromatic carbocycles. The van der Waals surface area contributed by atoms with E-state index in [1.807, 2.05) is 0 Å². The zero-order valence-corrected chi connectivity index (χ0v) is 9.07. The zero-order valence-electron chi connectivity index (χ0n) is 9.07. The highest BCUT2D eigenvalue weighted by Gasteiger charge is 2.15. The molecule has 0 N–H and O–H groups in total. The lowest BCUT2D eigenvalue weighted by Crippen LogP contribution is -2.00. The Bertz CT molecular complexity index is 734. The van der Waals surface area contributed by atoms with Crippen LogP contribution in [0, 0.1) is 17.5 Å². The van der Waals surface area contributed by atoms with Crippen LogP contribution in [0.1, 0.15) is 0 Å². The van der Waals surface area contributed by atoms with Gasteiger partial charge in [0.2, 0.25) is 0 Å². The lowest BCUT2D eigenvalue weighted by Gasteiger charge is -2.06. The molecule has 0 atom stereocenters. The van der Waals surface area contributed by atoms with Gasteiger partial charge in [-0.25, -0.2) is 18.2 Å². The van der Waals surface area contributed by atoms with Crippen LogP contribution in [0.5, 0.6) is 0 Å². The van der Waals surface area contributed by atoms with Crippen LogP contribution in [0.25, 0.3) is 16.7 Å². The summed E-state index contributed by atoms with van der Waals surface area (Å²) in [5, 5.41) is 0. The second-order valence-electron chi connectivity index (χ2n) is 3.80. The molecule has 0 aliphatic carbocycles. The molecule has 0 amide bonds. The van der Waals surface area contributed by atoms with Crippen molar-refractivity contribution in [1.82, 2.24) is 9.55 Å². The van der Waals surface area contributed by atoms with Crippen molar-refractivity contribution in [3.63, 3.8) is 0 Å². The molecular weight excluding hydrogens is 241 g/mol. The quantitative estimate of drug-likeness (QED) is 0.603. The summed E-state index contributed by atoms with van der Waals surface area (Å²) in [6.07, 6.45) is 1.38. The van der Waals surface area contributed by atoms with E-state index in [2.05, 4.69) is 4.98 Å². The smallest absolute Gasteiger partial charge is 0.196 e. The molecule has 1 heterocycles. The van der Waals surface area contributed by atoms with Gasteiger partial charge in [0.15, 0.2) is 17.5 Å². The van der Waals surface area contributed by atoms with Crippen LogP contribution < -0.4 is 0 Å². The molecule has 5 heteroatoms. The number of nitrogens with zero attached hydrogens (tertiary/aromatic N) is 2. The third-order valence-electron chi connectivity index (χ3n) is 2.73. The number of benzene rings is 2. The Labute approximate surface area is 100 Å². The maximum Gasteiger partial charge on any atom is 0.196 e. The summed E-state index contributed by atoms with van der Waals surface area (Å²) < 4.78 is 41.1. The summed E-state index contributed by atoms with van der Waals surface area (Å²) in [7, 11) is 0. The largest absolute Gasteiger partial charge is 0.296 e. The molecule has 90 valence electrons. The van der Waals surface area contributed by atoms with Crippen molar-refractivity contribution >= 4 is 11.0 Å². The molecule has 3 rings (SSSR count). The van der Waals surface area contributed by atoms with Crippen LogP contribution in [0.4, 0.5) is 13.2 Å². The van der Waals surface area contributed by atoms with Gasteiger partial charge in [-0.15, -0.1) is 0 Å². The Balaban J connectivity index is 2.30. The van der Waals surface area contributed by atoms with Gasteiger partial charge in [0.25, 0.3) is 0 Å². The van der Waals surface area contributed by atoms with E-state index in [4.69, 9.17) is 0 Å². The first-order chi connectivity index (χ1) is 8.68. The number of para-hydroxylation sites is 2. The summed E-state index contributed by atoms with van der Waals surface area (Å²) in [5.74, 6) is -3.91. The summed E-state index contributed by atoms with van der Waals surface area (Å²) in [5.41, 5.74) is 1.21. The topological polar surface area (TPSA) is 17.8 Å². The minimum absolute atomic E-state index is 0.0670. The molecule has 2 nitrogen and oxygen atoms in total. The van der Waals surface area contributed by atoms with Crippen LogP contribution in [0.2, 0.25) is 0 Å². The van der Waals surface area contributed by atoms with Gasteiger partial charge in [0.05, 0.1) is 16.7 Å². The van der Waals surface area contributed by atoms with Crippen molar-refractivity contribution in [1.29, 1.82) is 0 Å². The molecule has 0 aliphatic rings. The molecule has 18 heavy (non-hydrogen) atoms. The first kappa shape index (κ1) is 10.8. The van der Waals surface area contributed by atoms with Gasteiger partial charge >= 0.3 is 0 Å². The standard InChI is InChI=1S/C13H7F3N2/c14-8-5-6-11(13(16)12(8)15)18-7-17-9-3-1-2-4-10(9)18/h1-7H. The first-order valence-electron chi connectivity index (χ1n) is 5.24. The molecule has 0 spiro atoms. The number of imidazole rings is 1. The van der Waals surface area contributed by atoms with E-state index >= 15 is 0 Å². The van der Waals surface area contributed by atoms with E-state index < -0.39 is 17.5 Å². The number of halogens is 3. The van der Waals surface area contributed by atoms with E-state index in [1.54, 1.807) is 24.3 Å². The molecule has 0 saturated carbocycles. The molecular formula is C13H7F3N2. The zero-order chi connectivity index (χ0) is 12.7. The fourth-order valence-electron chi connectivity index (χ4n) is 1.85. The van der Waals surface area contributed by atoms with Crippen LogP contribution >= 0.6 is 0 Å². The van der Waals surface area contributed by atoms with Crippen molar-refractivity contribution in [2.75, 3.05) is 0 Å². The lowest BCUT2D eigenvalue weighted by atomic mass is 10.2. The van der Waals surface area contributed by atoms with Gasteiger partial charge in [-0.1, -0.05) is 12.1 Å². The Morgan fingerprint density at radius 2 is 1.67 bits per heavy atom. The van der Waals surface area contributed by atoms with E-state index in [-0.39, 0.29) is 5.69 Å². The van der Waals surface area contributed by atoms with E-state index in [9.17, 15) is 13.2 Å². The molecule has 0 aliphatic heterocycles. The number of fused-ring (bicyclic) bond motifs is 1. The highest BCUT2D eigenvalue weighted by molar-refractivity contribution is 5.77. The Hall–Kier alpha value is -2.30. The maximum atomic E-state index is 13.7. The first-order valence-corrected chi connectivity index (χ1v) is 5.24. The predicted molar refractivity (Wildman–Crippen MR) is 60.9 cm³/mol. The third-order valence-corrected chi connectivity index (χ3v) is 2.73. The summed E-state index contributed by atoms with van der Waals surface area (Å²) in [6, 6.07) is 9.11. The lowest BCUT2D eigenvalue weighted by molar-refractivity contribution is 0.445. The van der Waals surface area contributed by atoms with Gasteiger partial charge in [0.1, 0.15) is 6.33 Å². The fraction of sp³-hybridized carbons (Fsp3) is 0. The Morgan fingerprint density at radius 3 is 2.50 bits per heavy atom. The van der Waals surface area contributed by atoms with Crippen LogP contribution in [-0.2, 0) is 0 Å².